The average Bonchev–Trinajstić information content (AvgIpc) is 2.90. The van der Waals surface area contributed by atoms with Gasteiger partial charge in [0, 0.05) is 13.0 Å². The fourth-order valence-corrected chi connectivity index (χ4v) is 1.62. The molecule has 0 spiro atoms. The number of hydrogen-bond acceptors (Lipinski definition) is 4. The van der Waals surface area contributed by atoms with Gasteiger partial charge in [-0.05, 0) is 18.9 Å². The van der Waals surface area contributed by atoms with E-state index in [2.05, 4.69) is 0 Å². The molecule has 1 fully saturated rings. The van der Waals surface area contributed by atoms with Gasteiger partial charge >= 0.3 is 5.97 Å². The van der Waals surface area contributed by atoms with Crippen LogP contribution in [0.15, 0.2) is 23.0 Å². The molecule has 0 aliphatic carbocycles. The molecule has 4 heteroatoms. The molecule has 0 bridgehead atoms. The first-order chi connectivity index (χ1) is 7.36. The summed E-state index contributed by atoms with van der Waals surface area (Å²) in [5.41, 5.74) is 0.461. The van der Waals surface area contributed by atoms with Crippen molar-refractivity contribution in [2.75, 3.05) is 13.2 Å². The van der Waals surface area contributed by atoms with Crippen LogP contribution in [0.1, 0.15) is 29.6 Å². The lowest BCUT2D eigenvalue weighted by molar-refractivity contribution is 0.0385. The molecular formula is C11H14O4. The van der Waals surface area contributed by atoms with Gasteiger partial charge in [-0.15, -0.1) is 0 Å². The minimum atomic E-state index is -0.332. The summed E-state index contributed by atoms with van der Waals surface area (Å²) in [4.78, 5) is 11.4. The fraction of sp³-hybridized carbons (Fsp3) is 0.545. The molecule has 0 radical (unpaired) electrons. The van der Waals surface area contributed by atoms with Crippen LogP contribution >= 0.6 is 0 Å². The van der Waals surface area contributed by atoms with E-state index in [1.54, 1.807) is 6.07 Å². The Bertz CT molecular complexity index is 298. The normalized spacial score (nSPS) is 20.4. The van der Waals surface area contributed by atoms with Crippen molar-refractivity contribution in [3.05, 3.63) is 24.2 Å². The Balaban J connectivity index is 1.67. The largest absolute Gasteiger partial charge is 0.472 e. The van der Waals surface area contributed by atoms with Gasteiger partial charge in [-0.2, -0.15) is 0 Å². The van der Waals surface area contributed by atoms with Crippen molar-refractivity contribution < 1.29 is 18.7 Å². The second-order valence-corrected chi connectivity index (χ2v) is 3.57. The Kier molecular flexibility index (Phi) is 3.40. The third kappa shape index (κ3) is 2.83. The molecule has 15 heavy (non-hydrogen) atoms. The Labute approximate surface area is 88.2 Å². The molecule has 1 aliphatic rings. The van der Waals surface area contributed by atoms with Gasteiger partial charge in [-0.1, -0.05) is 0 Å². The summed E-state index contributed by atoms with van der Waals surface area (Å²) < 4.78 is 15.3. The lowest BCUT2D eigenvalue weighted by Gasteiger charge is -2.08. The van der Waals surface area contributed by atoms with Crippen LogP contribution < -0.4 is 0 Å². The molecule has 0 N–H and O–H groups in total. The van der Waals surface area contributed by atoms with E-state index >= 15 is 0 Å². The summed E-state index contributed by atoms with van der Waals surface area (Å²) in [6.45, 7) is 1.25. The number of ether oxygens (including phenoxy) is 2. The summed E-state index contributed by atoms with van der Waals surface area (Å²) in [6.07, 6.45) is 6.07. The van der Waals surface area contributed by atoms with Crippen molar-refractivity contribution in [1.82, 2.24) is 0 Å². The summed E-state index contributed by atoms with van der Waals surface area (Å²) in [6, 6.07) is 1.59. The third-order valence-corrected chi connectivity index (χ3v) is 2.45. The van der Waals surface area contributed by atoms with E-state index in [1.807, 2.05) is 0 Å². The highest BCUT2D eigenvalue weighted by Gasteiger charge is 2.16. The predicted octanol–water partition coefficient (Wildman–Crippen LogP) is 2.01. The third-order valence-electron chi connectivity index (χ3n) is 2.45. The van der Waals surface area contributed by atoms with Gasteiger partial charge in [0.2, 0.25) is 0 Å². The molecule has 1 aliphatic heterocycles. The summed E-state index contributed by atoms with van der Waals surface area (Å²) in [7, 11) is 0. The van der Waals surface area contributed by atoms with Gasteiger partial charge in [-0.3, -0.25) is 0 Å². The van der Waals surface area contributed by atoms with Crippen LogP contribution in [-0.2, 0) is 9.47 Å². The van der Waals surface area contributed by atoms with Crippen molar-refractivity contribution >= 4 is 5.97 Å². The molecular weight excluding hydrogens is 196 g/mol. The Morgan fingerprint density at radius 3 is 3.20 bits per heavy atom. The number of hydrogen-bond donors (Lipinski definition) is 0. The zero-order valence-corrected chi connectivity index (χ0v) is 8.48. The van der Waals surface area contributed by atoms with E-state index in [0.717, 1.165) is 25.9 Å². The standard InChI is InChI=1S/C11H14O4/c12-11(9-3-6-13-8-9)15-7-4-10-2-1-5-14-10/h3,6,8,10H,1-2,4-5,7H2. The Morgan fingerprint density at radius 2 is 2.53 bits per heavy atom. The summed E-state index contributed by atoms with van der Waals surface area (Å²) >= 11 is 0. The molecule has 0 amide bonds. The zero-order valence-electron chi connectivity index (χ0n) is 8.48. The topological polar surface area (TPSA) is 48.7 Å². The lowest BCUT2D eigenvalue weighted by atomic mass is 10.2. The van der Waals surface area contributed by atoms with Crippen molar-refractivity contribution in [3.63, 3.8) is 0 Å². The summed E-state index contributed by atoms with van der Waals surface area (Å²) in [5.74, 6) is -0.332. The molecule has 1 atom stereocenters. The number of furan rings is 1. The minimum absolute atomic E-state index is 0.266. The van der Waals surface area contributed by atoms with Crippen molar-refractivity contribution in [3.8, 4) is 0 Å². The van der Waals surface area contributed by atoms with Crippen LogP contribution in [0.4, 0.5) is 0 Å². The van der Waals surface area contributed by atoms with Crippen LogP contribution in [0.25, 0.3) is 0 Å². The highest BCUT2D eigenvalue weighted by Crippen LogP contribution is 2.15. The number of esters is 1. The lowest BCUT2D eigenvalue weighted by Crippen LogP contribution is -2.12. The molecule has 1 unspecified atom stereocenters. The smallest absolute Gasteiger partial charge is 0.341 e. The van der Waals surface area contributed by atoms with Gasteiger partial charge in [0.05, 0.1) is 24.5 Å². The molecule has 1 aromatic rings. The minimum Gasteiger partial charge on any atom is -0.472 e. The maximum absolute atomic E-state index is 11.4. The van der Waals surface area contributed by atoms with Gasteiger partial charge < -0.3 is 13.9 Å². The molecule has 0 saturated carbocycles. The first-order valence-electron chi connectivity index (χ1n) is 5.17. The van der Waals surface area contributed by atoms with Crippen LogP contribution in [0.3, 0.4) is 0 Å². The number of carbonyl (C=O) groups is 1. The van der Waals surface area contributed by atoms with Crippen molar-refractivity contribution in [2.24, 2.45) is 0 Å². The monoisotopic (exact) mass is 210 g/mol. The second kappa shape index (κ2) is 4.98. The zero-order chi connectivity index (χ0) is 10.5. The molecule has 1 aromatic heterocycles. The second-order valence-electron chi connectivity index (χ2n) is 3.57. The van der Waals surface area contributed by atoms with Crippen LogP contribution in [0, 0.1) is 0 Å². The summed E-state index contributed by atoms with van der Waals surface area (Å²) in [5, 5.41) is 0. The quantitative estimate of drug-likeness (QED) is 0.713. The SMILES string of the molecule is O=C(OCCC1CCCO1)c1ccoc1. The number of rotatable bonds is 4. The van der Waals surface area contributed by atoms with E-state index in [9.17, 15) is 4.79 Å². The van der Waals surface area contributed by atoms with Crippen molar-refractivity contribution in [2.45, 2.75) is 25.4 Å². The fourth-order valence-electron chi connectivity index (χ4n) is 1.62. The van der Waals surface area contributed by atoms with Gasteiger partial charge in [0.25, 0.3) is 0 Å². The molecule has 1 saturated heterocycles. The molecule has 82 valence electrons. The maximum atomic E-state index is 11.4. The van der Waals surface area contributed by atoms with Crippen LogP contribution in [0.2, 0.25) is 0 Å². The Morgan fingerprint density at radius 1 is 1.60 bits per heavy atom. The highest BCUT2D eigenvalue weighted by molar-refractivity contribution is 5.88. The Hall–Kier alpha value is -1.29. The first kappa shape index (κ1) is 10.2. The van der Waals surface area contributed by atoms with E-state index in [4.69, 9.17) is 13.9 Å². The van der Waals surface area contributed by atoms with E-state index in [0.29, 0.717) is 12.2 Å². The molecule has 2 rings (SSSR count). The highest BCUT2D eigenvalue weighted by atomic mass is 16.5. The molecule has 2 heterocycles. The average molecular weight is 210 g/mol. The predicted molar refractivity (Wildman–Crippen MR) is 52.6 cm³/mol. The van der Waals surface area contributed by atoms with Gasteiger partial charge in [-0.25, -0.2) is 4.79 Å². The first-order valence-corrected chi connectivity index (χ1v) is 5.17. The van der Waals surface area contributed by atoms with E-state index in [-0.39, 0.29) is 12.1 Å². The van der Waals surface area contributed by atoms with Crippen LogP contribution in [-0.4, -0.2) is 25.3 Å². The van der Waals surface area contributed by atoms with Crippen LogP contribution in [0.5, 0.6) is 0 Å². The van der Waals surface area contributed by atoms with Gasteiger partial charge in [0.15, 0.2) is 0 Å². The molecule has 0 aromatic carbocycles. The molecule has 4 nitrogen and oxygen atoms in total. The van der Waals surface area contributed by atoms with Crippen molar-refractivity contribution in [1.29, 1.82) is 0 Å². The van der Waals surface area contributed by atoms with Gasteiger partial charge in [0.1, 0.15) is 6.26 Å². The van der Waals surface area contributed by atoms with E-state index < -0.39 is 0 Å². The number of carbonyl (C=O) groups excluding carboxylic acids is 1. The van der Waals surface area contributed by atoms with E-state index in [1.165, 1.54) is 12.5 Å². The maximum Gasteiger partial charge on any atom is 0.341 e.